The third-order valence-corrected chi connectivity index (χ3v) is 4.98. The molecule has 0 N–H and O–H groups in total. The Balaban J connectivity index is 1.54. The number of nitrogens with zero attached hydrogens (tertiary/aromatic N) is 2. The van der Waals surface area contributed by atoms with E-state index in [-0.39, 0.29) is 12.3 Å². The van der Waals surface area contributed by atoms with Crippen LogP contribution in [0.15, 0.2) is 76.4 Å². The fraction of sp³-hybridized carbons (Fsp3) is 0.227. The molecule has 2 aliphatic heterocycles. The molecule has 0 saturated carbocycles. The van der Waals surface area contributed by atoms with Crippen LogP contribution >= 0.6 is 0 Å². The van der Waals surface area contributed by atoms with Crippen molar-refractivity contribution in [2.45, 2.75) is 25.6 Å². The Morgan fingerprint density at radius 1 is 1.07 bits per heavy atom. The molecule has 0 radical (unpaired) electrons. The van der Waals surface area contributed by atoms with Crippen LogP contribution in [0.4, 0.5) is 0 Å². The molecule has 0 saturated heterocycles. The van der Waals surface area contributed by atoms with Crippen molar-refractivity contribution in [3.05, 3.63) is 83.8 Å². The van der Waals surface area contributed by atoms with Crippen molar-refractivity contribution >= 4 is 5.71 Å². The maximum absolute atomic E-state index is 6.34. The second-order valence-electron chi connectivity index (χ2n) is 6.63. The van der Waals surface area contributed by atoms with Crippen molar-refractivity contribution in [1.82, 2.24) is 5.01 Å². The van der Waals surface area contributed by atoms with Gasteiger partial charge in [-0.05, 0) is 49.4 Å². The maximum Gasteiger partial charge on any atom is 0.213 e. The number of benzene rings is 2. The summed E-state index contributed by atoms with van der Waals surface area (Å²) in [7, 11) is 0. The van der Waals surface area contributed by atoms with E-state index in [1.807, 2.05) is 61.5 Å². The molecule has 0 spiro atoms. The lowest BCUT2D eigenvalue weighted by Crippen LogP contribution is -2.33. The summed E-state index contributed by atoms with van der Waals surface area (Å²) >= 11 is 0. The van der Waals surface area contributed by atoms with Crippen LogP contribution in [0.1, 0.15) is 42.5 Å². The number of rotatable bonds is 4. The smallest absolute Gasteiger partial charge is 0.213 e. The summed E-state index contributed by atoms with van der Waals surface area (Å²) in [5, 5.41) is 6.92. The van der Waals surface area contributed by atoms with Gasteiger partial charge in [0.25, 0.3) is 0 Å². The van der Waals surface area contributed by atoms with Gasteiger partial charge in [-0.15, -0.1) is 0 Å². The van der Waals surface area contributed by atoms with Crippen LogP contribution in [0.5, 0.6) is 11.5 Å². The quantitative estimate of drug-likeness (QED) is 0.662. The Labute approximate surface area is 157 Å². The molecular formula is C22H20N2O3. The van der Waals surface area contributed by atoms with Crippen molar-refractivity contribution in [3.8, 4) is 11.5 Å². The predicted octanol–water partition coefficient (Wildman–Crippen LogP) is 4.92. The summed E-state index contributed by atoms with van der Waals surface area (Å²) in [5.74, 6) is 2.58. The SMILES string of the molecule is CCOc1ccc([C@@H]2Oc3ccccc3[C@@H]3CC(c4ccco4)=NN32)cc1. The number of para-hydroxylation sites is 1. The van der Waals surface area contributed by atoms with Crippen molar-refractivity contribution in [2.24, 2.45) is 5.10 Å². The monoisotopic (exact) mass is 360 g/mol. The number of hydrazone groups is 1. The number of furan rings is 1. The molecule has 27 heavy (non-hydrogen) atoms. The normalized spacial score (nSPS) is 20.5. The first-order valence-electron chi connectivity index (χ1n) is 9.21. The first-order chi connectivity index (χ1) is 13.3. The van der Waals surface area contributed by atoms with E-state index >= 15 is 0 Å². The van der Waals surface area contributed by atoms with E-state index in [2.05, 4.69) is 11.1 Å². The Hall–Kier alpha value is -3.21. The first-order valence-corrected chi connectivity index (χ1v) is 9.21. The lowest BCUT2D eigenvalue weighted by molar-refractivity contribution is -0.0190. The van der Waals surface area contributed by atoms with Gasteiger partial charge in [0.1, 0.15) is 23.0 Å². The zero-order chi connectivity index (χ0) is 18.2. The lowest BCUT2D eigenvalue weighted by atomic mass is 9.97. The number of hydrogen-bond acceptors (Lipinski definition) is 5. The number of hydrogen-bond donors (Lipinski definition) is 0. The van der Waals surface area contributed by atoms with Crippen LogP contribution in [-0.4, -0.2) is 17.3 Å². The summed E-state index contributed by atoms with van der Waals surface area (Å²) < 4.78 is 17.5. The highest BCUT2D eigenvalue weighted by Crippen LogP contribution is 2.47. The molecule has 2 atom stereocenters. The van der Waals surface area contributed by atoms with Gasteiger partial charge < -0.3 is 13.9 Å². The topological polar surface area (TPSA) is 47.2 Å². The van der Waals surface area contributed by atoms with Crippen molar-refractivity contribution in [2.75, 3.05) is 6.61 Å². The van der Waals surface area contributed by atoms with Crippen LogP contribution in [0.25, 0.3) is 0 Å². The molecule has 0 unspecified atom stereocenters. The molecule has 1 aromatic heterocycles. The molecule has 0 aliphatic carbocycles. The van der Waals surface area contributed by atoms with Crippen LogP contribution in [0, 0.1) is 0 Å². The fourth-order valence-electron chi connectivity index (χ4n) is 3.74. The highest BCUT2D eigenvalue weighted by Gasteiger charge is 2.41. The van der Waals surface area contributed by atoms with Gasteiger partial charge in [0, 0.05) is 17.5 Å². The first kappa shape index (κ1) is 16.0. The van der Waals surface area contributed by atoms with E-state index in [9.17, 15) is 0 Å². The molecule has 5 rings (SSSR count). The molecule has 3 heterocycles. The van der Waals surface area contributed by atoms with Gasteiger partial charge in [0.05, 0.1) is 18.9 Å². The minimum Gasteiger partial charge on any atom is -0.494 e. The van der Waals surface area contributed by atoms with Gasteiger partial charge in [-0.25, -0.2) is 5.01 Å². The molecule has 0 amide bonds. The second kappa shape index (κ2) is 6.50. The zero-order valence-electron chi connectivity index (χ0n) is 15.0. The van der Waals surface area contributed by atoms with Crippen molar-refractivity contribution in [1.29, 1.82) is 0 Å². The molecule has 2 aliphatic rings. The summed E-state index contributed by atoms with van der Waals surface area (Å²) in [5.41, 5.74) is 3.15. The van der Waals surface area contributed by atoms with Gasteiger partial charge in [-0.1, -0.05) is 18.2 Å². The van der Waals surface area contributed by atoms with E-state index in [1.54, 1.807) is 6.26 Å². The van der Waals surface area contributed by atoms with Crippen molar-refractivity contribution in [3.63, 3.8) is 0 Å². The average molecular weight is 360 g/mol. The van der Waals surface area contributed by atoms with Crippen LogP contribution in [-0.2, 0) is 0 Å². The molecule has 0 bridgehead atoms. The lowest BCUT2D eigenvalue weighted by Gasteiger charge is -2.38. The van der Waals surface area contributed by atoms with E-state index in [4.69, 9.17) is 19.0 Å². The summed E-state index contributed by atoms with van der Waals surface area (Å²) in [4.78, 5) is 0. The molecule has 2 aromatic carbocycles. The summed E-state index contributed by atoms with van der Waals surface area (Å²) in [6, 6.07) is 20.2. The molecule has 5 nitrogen and oxygen atoms in total. The minimum atomic E-state index is -0.284. The van der Waals surface area contributed by atoms with Crippen LogP contribution in [0.3, 0.4) is 0 Å². The number of fused-ring (bicyclic) bond motifs is 3. The van der Waals surface area contributed by atoms with Gasteiger partial charge in [0.15, 0.2) is 0 Å². The van der Waals surface area contributed by atoms with E-state index in [1.165, 1.54) is 0 Å². The Bertz CT molecular complexity index is 963. The van der Waals surface area contributed by atoms with Gasteiger partial charge in [-0.3, -0.25) is 0 Å². The molecule has 3 aromatic rings. The van der Waals surface area contributed by atoms with Gasteiger partial charge in [-0.2, -0.15) is 5.10 Å². The summed E-state index contributed by atoms with van der Waals surface area (Å²) in [6.45, 7) is 2.63. The third-order valence-electron chi connectivity index (χ3n) is 4.98. The maximum atomic E-state index is 6.34. The predicted molar refractivity (Wildman–Crippen MR) is 102 cm³/mol. The highest BCUT2D eigenvalue weighted by molar-refractivity contribution is 5.99. The van der Waals surface area contributed by atoms with Crippen molar-refractivity contribution < 1.29 is 13.9 Å². The second-order valence-corrected chi connectivity index (χ2v) is 6.63. The Morgan fingerprint density at radius 3 is 2.70 bits per heavy atom. The molecule has 136 valence electrons. The largest absolute Gasteiger partial charge is 0.494 e. The van der Waals surface area contributed by atoms with Gasteiger partial charge in [0.2, 0.25) is 6.23 Å². The van der Waals surface area contributed by atoms with E-state index in [0.29, 0.717) is 6.61 Å². The molecular weight excluding hydrogens is 340 g/mol. The van der Waals surface area contributed by atoms with E-state index < -0.39 is 0 Å². The average Bonchev–Trinajstić information content (AvgIpc) is 3.38. The Kier molecular flexibility index (Phi) is 3.85. The van der Waals surface area contributed by atoms with Crippen LogP contribution < -0.4 is 9.47 Å². The molecule has 0 fully saturated rings. The van der Waals surface area contributed by atoms with Crippen LogP contribution in [0.2, 0.25) is 0 Å². The highest BCUT2D eigenvalue weighted by atomic mass is 16.5. The third kappa shape index (κ3) is 2.76. The minimum absolute atomic E-state index is 0.131. The summed E-state index contributed by atoms with van der Waals surface area (Å²) in [6.07, 6.45) is 2.19. The Morgan fingerprint density at radius 2 is 1.93 bits per heavy atom. The van der Waals surface area contributed by atoms with E-state index in [0.717, 1.165) is 40.5 Å². The molecule has 5 heteroatoms. The van der Waals surface area contributed by atoms with Gasteiger partial charge >= 0.3 is 0 Å². The number of ether oxygens (including phenoxy) is 2. The zero-order valence-corrected chi connectivity index (χ0v) is 15.0. The standard InChI is InChI=1S/C22H20N2O3/c1-2-25-16-11-9-15(10-12-16)22-24-19(17-6-3-4-7-20(17)27-22)14-18(23-24)21-8-5-13-26-21/h3-13,19,22H,2,14H2,1H3/t19-,22-/m0/s1. The fourth-order valence-corrected chi connectivity index (χ4v) is 3.74.